The van der Waals surface area contributed by atoms with Gasteiger partial charge in [0.15, 0.2) is 6.61 Å². The van der Waals surface area contributed by atoms with Crippen molar-refractivity contribution in [2.45, 2.75) is 26.6 Å². The van der Waals surface area contributed by atoms with E-state index in [0.717, 1.165) is 4.68 Å². The SMILES string of the molecule is CC(C)OC(=O)COc1cc(-c2nn(C)c(OC(F)F)c2Cl)c(Cl)cc1Cl. The van der Waals surface area contributed by atoms with Gasteiger partial charge in [-0.05, 0) is 26.0 Å². The Labute approximate surface area is 168 Å². The number of esters is 1. The Bertz CT molecular complexity index is 844. The van der Waals surface area contributed by atoms with E-state index in [1.165, 1.54) is 19.2 Å². The van der Waals surface area contributed by atoms with Gasteiger partial charge in [0, 0.05) is 12.6 Å². The monoisotopic (exact) mass is 442 g/mol. The minimum Gasteiger partial charge on any atom is -0.480 e. The molecule has 0 unspecified atom stereocenters. The number of hydrogen-bond donors (Lipinski definition) is 0. The predicted octanol–water partition coefficient (Wildman–Crippen LogP) is 4.98. The van der Waals surface area contributed by atoms with E-state index in [9.17, 15) is 13.6 Å². The lowest BCUT2D eigenvalue weighted by atomic mass is 10.1. The number of alkyl halides is 2. The summed E-state index contributed by atoms with van der Waals surface area (Å²) < 4.78 is 40.8. The zero-order chi connectivity index (χ0) is 20.3. The van der Waals surface area contributed by atoms with Crippen LogP contribution in [-0.4, -0.2) is 35.1 Å². The second kappa shape index (κ2) is 8.95. The molecule has 0 spiro atoms. The number of hydrogen-bond acceptors (Lipinski definition) is 5. The molecule has 0 saturated carbocycles. The number of carbonyl (C=O) groups excluding carboxylic acids is 1. The molecule has 0 radical (unpaired) electrons. The lowest BCUT2D eigenvalue weighted by Gasteiger charge is -2.12. The normalized spacial score (nSPS) is 11.2. The van der Waals surface area contributed by atoms with Crippen LogP contribution in [0.15, 0.2) is 12.1 Å². The third-order valence-electron chi connectivity index (χ3n) is 3.13. The highest BCUT2D eigenvalue weighted by molar-refractivity contribution is 6.39. The van der Waals surface area contributed by atoms with Crippen molar-refractivity contribution in [1.29, 1.82) is 0 Å². The molecule has 11 heteroatoms. The van der Waals surface area contributed by atoms with Gasteiger partial charge < -0.3 is 14.2 Å². The van der Waals surface area contributed by atoms with Crippen molar-refractivity contribution in [3.05, 3.63) is 27.2 Å². The molecule has 0 aliphatic heterocycles. The smallest absolute Gasteiger partial charge is 0.388 e. The number of ether oxygens (including phenoxy) is 3. The van der Waals surface area contributed by atoms with Crippen LogP contribution in [0.4, 0.5) is 8.78 Å². The van der Waals surface area contributed by atoms with Crippen molar-refractivity contribution in [3.8, 4) is 22.9 Å². The first-order valence-corrected chi connectivity index (χ1v) is 8.72. The van der Waals surface area contributed by atoms with Crippen molar-refractivity contribution in [2.24, 2.45) is 7.05 Å². The third-order valence-corrected chi connectivity index (χ3v) is 4.08. The second-order valence-electron chi connectivity index (χ2n) is 5.56. The summed E-state index contributed by atoms with van der Waals surface area (Å²) in [5.74, 6) is -0.786. The van der Waals surface area contributed by atoms with Crippen molar-refractivity contribution in [3.63, 3.8) is 0 Å². The molecule has 1 heterocycles. The molecule has 2 rings (SSSR count). The summed E-state index contributed by atoms with van der Waals surface area (Å²) in [4.78, 5) is 11.6. The maximum absolute atomic E-state index is 12.5. The first kappa shape index (κ1) is 21.5. The van der Waals surface area contributed by atoms with Crippen molar-refractivity contribution in [1.82, 2.24) is 9.78 Å². The van der Waals surface area contributed by atoms with Crippen LogP contribution in [0.25, 0.3) is 11.3 Å². The highest BCUT2D eigenvalue weighted by Crippen LogP contribution is 2.42. The third kappa shape index (κ3) is 5.37. The number of aryl methyl sites for hydroxylation is 1. The fraction of sp³-hybridized carbons (Fsp3) is 0.375. The molecule has 0 bridgehead atoms. The second-order valence-corrected chi connectivity index (χ2v) is 6.75. The van der Waals surface area contributed by atoms with E-state index >= 15 is 0 Å². The zero-order valence-corrected chi connectivity index (χ0v) is 16.7. The first-order chi connectivity index (χ1) is 12.6. The van der Waals surface area contributed by atoms with Gasteiger partial charge in [0.25, 0.3) is 0 Å². The van der Waals surface area contributed by atoms with Gasteiger partial charge in [-0.1, -0.05) is 34.8 Å². The van der Waals surface area contributed by atoms with Gasteiger partial charge >= 0.3 is 12.6 Å². The molecule has 27 heavy (non-hydrogen) atoms. The minimum absolute atomic E-state index is 0.0890. The molecule has 0 N–H and O–H groups in total. The van der Waals surface area contributed by atoms with Crippen molar-refractivity contribution in [2.75, 3.05) is 6.61 Å². The Morgan fingerprint density at radius 3 is 2.48 bits per heavy atom. The standard InChI is InChI=1S/C16H15Cl3F2N2O4/c1-7(2)26-12(24)6-25-11-4-8(9(17)5-10(11)18)14-13(19)15(23(3)22-14)27-16(20)21/h4-5,7,16H,6H2,1-3H3. The minimum atomic E-state index is -3.07. The molecule has 0 saturated heterocycles. The first-order valence-electron chi connectivity index (χ1n) is 7.59. The Balaban J connectivity index is 2.34. The fourth-order valence-electron chi connectivity index (χ4n) is 2.12. The summed E-state index contributed by atoms with van der Waals surface area (Å²) in [7, 11) is 1.39. The average molecular weight is 444 g/mol. The van der Waals surface area contributed by atoms with Gasteiger partial charge in [0.05, 0.1) is 16.1 Å². The molecule has 148 valence electrons. The van der Waals surface area contributed by atoms with Crippen molar-refractivity contribution < 1.29 is 27.8 Å². The van der Waals surface area contributed by atoms with Crippen LogP contribution >= 0.6 is 34.8 Å². The van der Waals surface area contributed by atoms with E-state index in [1.807, 2.05) is 0 Å². The Morgan fingerprint density at radius 2 is 1.89 bits per heavy atom. The topological polar surface area (TPSA) is 62.6 Å². The number of carbonyl (C=O) groups is 1. The molecule has 0 fully saturated rings. The molecule has 1 aromatic heterocycles. The molecule has 1 aromatic carbocycles. The van der Waals surface area contributed by atoms with Crippen LogP contribution < -0.4 is 9.47 Å². The van der Waals surface area contributed by atoms with E-state index in [-0.39, 0.29) is 50.7 Å². The van der Waals surface area contributed by atoms with Crippen LogP contribution in [0.2, 0.25) is 15.1 Å². The van der Waals surface area contributed by atoms with Gasteiger partial charge in [-0.25, -0.2) is 9.48 Å². The van der Waals surface area contributed by atoms with E-state index in [0.29, 0.717) is 0 Å². The molecule has 6 nitrogen and oxygen atoms in total. The van der Waals surface area contributed by atoms with Crippen LogP contribution in [0.5, 0.6) is 11.6 Å². The molecule has 0 aliphatic rings. The lowest BCUT2D eigenvalue weighted by Crippen LogP contribution is -2.18. The fourth-order valence-corrected chi connectivity index (χ4v) is 2.96. The van der Waals surface area contributed by atoms with Gasteiger partial charge in [0.2, 0.25) is 5.88 Å². The summed E-state index contributed by atoms with van der Waals surface area (Å²) in [5.41, 5.74) is 0.351. The van der Waals surface area contributed by atoms with Crippen LogP contribution in [-0.2, 0) is 16.6 Å². The highest BCUT2D eigenvalue weighted by Gasteiger charge is 2.23. The summed E-state index contributed by atoms with van der Waals surface area (Å²) in [5, 5.41) is 4.18. The van der Waals surface area contributed by atoms with E-state index in [4.69, 9.17) is 44.3 Å². The van der Waals surface area contributed by atoms with Crippen LogP contribution in [0.3, 0.4) is 0 Å². The maximum atomic E-state index is 12.5. The summed E-state index contributed by atoms with van der Waals surface area (Å²) in [6, 6.07) is 2.76. The number of aromatic nitrogens is 2. The van der Waals surface area contributed by atoms with E-state index in [1.54, 1.807) is 13.8 Å². The lowest BCUT2D eigenvalue weighted by molar-refractivity contribution is -0.149. The summed E-state index contributed by atoms with van der Waals surface area (Å²) in [6.45, 7) is -0.0487. The zero-order valence-electron chi connectivity index (χ0n) is 14.4. The highest BCUT2D eigenvalue weighted by atomic mass is 35.5. The number of benzene rings is 1. The molecule has 0 aliphatic carbocycles. The molecular weight excluding hydrogens is 429 g/mol. The van der Waals surface area contributed by atoms with Gasteiger partial charge in [-0.3, -0.25) is 0 Å². The quantitative estimate of drug-likeness (QED) is 0.565. The number of halogens is 5. The molecule has 0 amide bonds. The van der Waals surface area contributed by atoms with Gasteiger partial charge in [0.1, 0.15) is 16.5 Å². The predicted molar refractivity (Wildman–Crippen MR) is 97.0 cm³/mol. The van der Waals surface area contributed by atoms with Crippen molar-refractivity contribution >= 4 is 40.8 Å². The Kier molecular flexibility index (Phi) is 7.13. The average Bonchev–Trinajstić information content (AvgIpc) is 2.81. The maximum Gasteiger partial charge on any atom is 0.388 e. The van der Waals surface area contributed by atoms with Gasteiger partial charge in [-0.2, -0.15) is 13.9 Å². The molecule has 2 aromatic rings. The summed E-state index contributed by atoms with van der Waals surface area (Å²) >= 11 is 18.4. The molecule has 0 atom stereocenters. The largest absolute Gasteiger partial charge is 0.480 e. The van der Waals surface area contributed by atoms with Crippen LogP contribution in [0, 0.1) is 0 Å². The Hall–Kier alpha value is -1.77. The van der Waals surface area contributed by atoms with Crippen LogP contribution in [0.1, 0.15) is 13.8 Å². The summed E-state index contributed by atoms with van der Waals surface area (Å²) in [6.07, 6.45) is -0.294. The Morgan fingerprint density at radius 1 is 1.22 bits per heavy atom. The number of rotatable bonds is 7. The van der Waals surface area contributed by atoms with Gasteiger partial charge in [-0.15, -0.1) is 0 Å². The molecular formula is C16H15Cl3F2N2O4. The van der Waals surface area contributed by atoms with E-state index < -0.39 is 12.6 Å². The number of nitrogens with zero attached hydrogens (tertiary/aromatic N) is 2. The van der Waals surface area contributed by atoms with E-state index in [2.05, 4.69) is 9.84 Å².